The Morgan fingerprint density at radius 1 is 1.04 bits per heavy atom. The molecule has 1 aromatic rings. The summed E-state index contributed by atoms with van der Waals surface area (Å²) in [6.07, 6.45) is 9.24. The fourth-order valence-corrected chi connectivity index (χ4v) is 4.04. The van der Waals surface area contributed by atoms with Gasteiger partial charge in [0.25, 0.3) is 5.91 Å². The molecule has 1 aliphatic carbocycles. The standard InChI is InChI=1S/C21H33N3O2/c25-21(16-22-19-6-4-2-1-3-5-7-19)23-20-10-8-18(9-11-20)17-24-12-14-26-15-13-24/h8-11,19,22H,1-7,12-17H2,(H,23,25)/p+2. The highest BCUT2D eigenvalue weighted by Gasteiger charge is 2.16. The van der Waals surface area contributed by atoms with Crippen LogP contribution in [0.5, 0.6) is 0 Å². The lowest BCUT2D eigenvalue weighted by molar-refractivity contribution is -0.921. The van der Waals surface area contributed by atoms with E-state index in [9.17, 15) is 4.79 Å². The van der Waals surface area contributed by atoms with Crippen LogP contribution in [0.15, 0.2) is 24.3 Å². The Kier molecular flexibility index (Phi) is 7.92. The minimum Gasteiger partial charge on any atom is -0.370 e. The number of rotatable bonds is 6. The molecule has 144 valence electrons. The SMILES string of the molecule is O=C(C[NH2+]C1CCCCCCC1)Nc1ccc(C[NH+]2CCOCC2)cc1. The third-order valence-electron chi connectivity index (χ3n) is 5.68. The van der Waals surface area contributed by atoms with Gasteiger partial charge in [0.15, 0.2) is 6.54 Å². The first-order chi connectivity index (χ1) is 12.8. The van der Waals surface area contributed by atoms with Gasteiger partial charge in [-0.3, -0.25) is 4.79 Å². The van der Waals surface area contributed by atoms with Gasteiger partial charge in [-0.05, 0) is 37.8 Å². The number of nitrogens with one attached hydrogen (secondary N) is 2. The van der Waals surface area contributed by atoms with E-state index in [1.807, 2.05) is 12.1 Å². The summed E-state index contributed by atoms with van der Waals surface area (Å²) in [6, 6.07) is 8.96. The predicted octanol–water partition coefficient (Wildman–Crippen LogP) is 0.717. The highest BCUT2D eigenvalue weighted by Crippen LogP contribution is 2.15. The summed E-state index contributed by atoms with van der Waals surface area (Å²) < 4.78 is 5.41. The van der Waals surface area contributed by atoms with Crippen LogP contribution in [0.2, 0.25) is 0 Å². The molecule has 26 heavy (non-hydrogen) atoms. The predicted molar refractivity (Wildman–Crippen MR) is 103 cm³/mol. The van der Waals surface area contributed by atoms with Crippen molar-refractivity contribution in [3.05, 3.63) is 29.8 Å². The minimum absolute atomic E-state index is 0.110. The minimum atomic E-state index is 0.110. The summed E-state index contributed by atoms with van der Waals surface area (Å²) in [7, 11) is 0. The van der Waals surface area contributed by atoms with Crippen LogP contribution in [-0.2, 0) is 16.1 Å². The first kappa shape index (κ1) is 19.3. The normalized spacial score (nSPS) is 20.3. The molecule has 5 nitrogen and oxygen atoms in total. The topological polar surface area (TPSA) is 59.4 Å². The second kappa shape index (κ2) is 10.7. The van der Waals surface area contributed by atoms with Crippen LogP contribution < -0.4 is 15.5 Å². The molecule has 5 heteroatoms. The first-order valence-corrected chi connectivity index (χ1v) is 10.4. The molecule has 1 aromatic carbocycles. The van der Waals surface area contributed by atoms with Gasteiger partial charge in [-0.25, -0.2) is 0 Å². The lowest BCUT2D eigenvalue weighted by atomic mass is 9.97. The summed E-state index contributed by atoms with van der Waals surface area (Å²) in [5, 5.41) is 5.29. The molecular formula is C21H35N3O2+2. The van der Waals surface area contributed by atoms with Gasteiger partial charge in [0.05, 0.1) is 19.3 Å². The van der Waals surface area contributed by atoms with E-state index in [0.717, 1.165) is 38.5 Å². The number of benzene rings is 1. The number of quaternary nitrogens is 2. The van der Waals surface area contributed by atoms with E-state index in [1.54, 1.807) is 4.90 Å². The number of anilines is 1. The highest BCUT2D eigenvalue weighted by atomic mass is 16.5. The maximum atomic E-state index is 12.3. The molecule has 1 saturated carbocycles. The average molecular weight is 362 g/mol. The molecule has 0 spiro atoms. The molecule has 1 heterocycles. The van der Waals surface area contributed by atoms with Gasteiger partial charge in [-0.1, -0.05) is 31.4 Å². The van der Waals surface area contributed by atoms with Crippen LogP contribution in [0.1, 0.15) is 50.5 Å². The van der Waals surface area contributed by atoms with Gasteiger partial charge in [0, 0.05) is 11.3 Å². The zero-order valence-corrected chi connectivity index (χ0v) is 16.0. The van der Waals surface area contributed by atoms with Gasteiger partial charge < -0.3 is 20.3 Å². The maximum absolute atomic E-state index is 12.3. The third-order valence-corrected chi connectivity index (χ3v) is 5.68. The molecule has 0 radical (unpaired) electrons. The van der Waals surface area contributed by atoms with Crippen LogP contribution in [0.3, 0.4) is 0 Å². The number of carbonyl (C=O) groups is 1. The van der Waals surface area contributed by atoms with E-state index in [0.29, 0.717) is 12.6 Å². The molecule has 2 aliphatic rings. The van der Waals surface area contributed by atoms with Gasteiger partial charge in [0.1, 0.15) is 19.6 Å². The molecule has 2 fully saturated rings. The van der Waals surface area contributed by atoms with Crippen molar-refractivity contribution in [3.8, 4) is 0 Å². The molecular weight excluding hydrogens is 326 g/mol. The van der Waals surface area contributed by atoms with E-state index in [1.165, 1.54) is 50.5 Å². The summed E-state index contributed by atoms with van der Waals surface area (Å²) in [4.78, 5) is 13.8. The Balaban J connectivity index is 1.39. The number of carbonyl (C=O) groups excluding carboxylic acids is 1. The highest BCUT2D eigenvalue weighted by molar-refractivity contribution is 5.91. The van der Waals surface area contributed by atoms with E-state index in [2.05, 4.69) is 22.8 Å². The zero-order valence-electron chi connectivity index (χ0n) is 16.0. The van der Waals surface area contributed by atoms with Crippen LogP contribution in [0.25, 0.3) is 0 Å². The molecule has 0 atom stereocenters. The van der Waals surface area contributed by atoms with Crippen molar-refractivity contribution in [3.63, 3.8) is 0 Å². The Hall–Kier alpha value is -1.43. The number of nitrogens with two attached hydrogens (primary N) is 1. The van der Waals surface area contributed by atoms with Crippen LogP contribution >= 0.6 is 0 Å². The van der Waals surface area contributed by atoms with E-state index >= 15 is 0 Å². The Morgan fingerprint density at radius 3 is 2.38 bits per heavy atom. The monoisotopic (exact) mass is 361 g/mol. The molecule has 4 N–H and O–H groups in total. The van der Waals surface area contributed by atoms with Gasteiger partial charge >= 0.3 is 0 Å². The summed E-state index contributed by atoms with van der Waals surface area (Å²) >= 11 is 0. The third kappa shape index (κ3) is 6.71. The van der Waals surface area contributed by atoms with Crippen molar-refractivity contribution in [1.29, 1.82) is 0 Å². The summed E-state index contributed by atoms with van der Waals surface area (Å²) in [6.45, 7) is 5.45. The van der Waals surface area contributed by atoms with Crippen molar-refractivity contribution in [2.75, 3.05) is 38.2 Å². The van der Waals surface area contributed by atoms with Crippen molar-refractivity contribution in [2.24, 2.45) is 0 Å². The lowest BCUT2D eigenvalue weighted by Crippen LogP contribution is -3.12. The van der Waals surface area contributed by atoms with Crippen LogP contribution in [0, 0.1) is 0 Å². The molecule has 0 aromatic heterocycles. The Morgan fingerprint density at radius 2 is 1.69 bits per heavy atom. The number of amides is 1. The Bertz CT molecular complexity index is 533. The number of ether oxygens (including phenoxy) is 1. The van der Waals surface area contributed by atoms with Crippen molar-refractivity contribution < 1.29 is 19.7 Å². The van der Waals surface area contributed by atoms with E-state index in [4.69, 9.17) is 4.74 Å². The van der Waals surface area contributed by atoms with Crippen molar-refractivity contribution >= 4 is 11.6 Å². The summed E-state index contributed by atoms with van der Waals surface area (Å²) in [5.41, 5.74) is 2.22. The van der Waals surface area contributed by atoms with Crippen molar-refractivity contribution in [1.82, 2.24) is 0 Å². The molecule has 1 amide bonds. The first-order valence-electron chi connectivity index (χ1n) is 10.4. The van der Waals surface area contributed by atoms with Gasteiger partial charge in [-0.15, -0.1) is 0 Å². The quantitative estimate of drug-likeness (QED) is 0.699. The smallest absolute Gasteiger partial charge is 0.279 e. The summed E-state index contributed by atoms with van der Waals surface area (Å²) in [5.74, 6) is 0.110. The molecule has 3 rings (SSSR count). The lowest BCUT2D eigenvalue weighted by Gasteiger charge is -2.23. The Labute approximate surface area is 157 Å². The van der Waals surface area contributed by atoms with Gasteiger partial charge in [-0.2, -0.15) is 0 Å². The molecule has 1 aliphatic heterocycles. The largest absolute Gasteiger partial charge is 0.370 e. The molecule has 0 unspecified atom stereocenters. The van der Waals surface area contributed by atoms with Gasteiger partial charge in [0.2, 0.25) is 0 Å². The zero-order chi connectivity index (χ0) is 18.0. The fraction of sp³-hybridized carbons (Fsp3) is 0.667. The number of morpholine rings is 1. The van der Waals surface area contributed by atoms with Crippen LogP contribution in [-0.4, -0.2) is 44.8 Å². The van der Waals surface area contributed by atoms with Crippen LogP contribution in [0.4, 0.5) is 5.69 Å². The van der Waals surface area contributed by atoms with Crippen molar-refractivity contribution in [2.45, 2.75) is 57.5 Å². The number of hydrogen-bond donors (Lipinski definition) is 3. The van der Waals surface area contributed by atoms with E-state index in [-0.39, 0.29) is 5.91 Å². The average Bonchev–Trinajstić information content (AvgIpc) is 2.63. The molecule has 1 saturated heterocycles. The fourth-order valence-electron chi connectivity index (χ4n) is 4.04. The molecule has 0 bridgehead atoms. The van der Waals surface area contributed by atoms with E-state index < -0.39 is 0 Å². The second-order valence-corrected chi connectivity index (χ2v) is 7.83. The second-order valence-electron chi connectivity index (χ2n) is 7.83. The maximum Gasteiger partial charge on any atom is 0.279 e. The number of hydrogen-bond acceptors (Lipinski definition) is 2.